The topological polar surface area (TPSA) is 32.3 Å². The summed E-state index contributed by atoms with van der Waals surface area (Å²) in [7, 11) is 0. The Morgan fingerprint density at radius 3 is 2.67 bits per heavy atom. The maximum atomic E-state index is 12.0. The van der Waals surface area contributed by atoms with E-state index in [1.807, 2.05) is 18.7 Å². The van der Waals surface area contributed by atoms with Gasteiger partial charge in [0.25, 0.3) is 0 Å². The molecule has 0 radical (unpaired) electrons. The molecule has 0 aliphatic rings. The molecule has 0 saturated heterocycles. The Balaban J connectivity index is 4.14. The Bertz CT molecular complexity index is 192. The Morgan fingerprint density at radius 2 is 2.20 bits per heavy atom. The molecule has 88 valence electrons. The average Bonchev–Trinajstić information content (AvgIpc) is 2.24. The largest absolute Gasteiger partial charge is 0.339 e. The number of carbonyl (C=O) groups is 1. The molecule has 0 spiro atoms. The molecule has 0 saturated carbocycles. The SMILES string of the molecule is C=CCN(CCC)C(=O)C(C)CNCC. The second-order valence-electron chi connectivity index (χ2n) is 3.78. The number of hydrogen-bond acceptors (Lipinski definition) is 2. The highest BCUT2D eigenvalue weighted by Gasteiger charge is 2.18. The van der Waals surface area contributed by atoms with Crippen LogP contribution < -0.4 is 5.32 Å². The van der Waals surface area contributed by atoms with Gasteiger partial charge in [-0.05, 0) is 13.0 Å². The summed E-state index contributed by atoms with van der Waals surface area (Å²) in [5.41, 5.74) is 0. The average molecular weight is 212 g/mol. The molecule has 0 aromatic carbocycles. The van der Waals surface area contributed by atoms with E-state index in [1.54, 1.807) is 6.08 Å². The molecular weight excluding hydrogens is 188 g/mol. The lowest BCUT2D eigenvalue weighted by Crippen LogP contribution is -2.39. The Labute approximate surface area is 93.5 Å². The minimum Gasteiger partial charge on any atom is -0.339 e. The second-order valence-corrected chi connectivity index (χ2v) is 3.78. The van der Waals surface area contributed by atoms with E-state index in [0.717, 1.165) is 26.1 Å². The maximum absolute atomic E-state index is 12.0. The van der Waals surface area contributed by atoms with Crippen LogP contribution in [-0.2, 0) is 4.79 Å². The van der Waals surface area contributed by atoms with E-state index in [2.05, 4.69) is 18.8 Å². The lowest BCUT2D eigenvalue weighted by atomic mass is 10.1. The van der Waals surface area contributed by atoms with Crippen molar-refractivity contribution in [1.82, 2.24) is 10.2 Å². The van der Waals surface area contributed by atoms with Gasteiger partial charge in [-0.2, -0.15) is 0 Å². The predicted molar refractivity (Wildman–Crippen MR) is 64.8 cm³/mol. The molecule has 0 aliphatic carbocycles. The summed E-state index contributed by atoms with van der Waals surface area (Å²) in [5, 5.41) is 3.19. The van der Waals surface area contributed by atoms with Crippen LogP contribution in [0, 0.1) is 5.92 Å². The van der Waals surface area contributed by atoms with Crippen molar-refractivity contribution in [2.24, 2.45) is 5.92 Å². The molecule has 1 amide bonds. The van der Waals surface area contributed by atoms with Crippen molar-refractivity contribution in [3.8, 4) is 0 Å². The standard InChI is InChI=1S/C12H24N2O/c1-5-8-14(9-6-2)12(15)11(4)10-13-7-3/h5,11,13H,1,6-10H2,2-4H3. The zero-order chi connectivity index (χ0) is 11.7. The van der Waals surface area contributed by atoms with Crippen molar-refractivity contribution in [1.29, 1.82) is 0 Å². The van der Waals surface area contributed by atoms with Crippen molar-refractivity contribution < 1.29 is 4.79 Å². The smallest absolute Gasteiger partial charge is 0.226 e. The number of hydrogen-bond donors (Lipinski definition) is 1. The summed E-state index contributed by atoms with van der Waals surface area (Å²) in [6.45, 7) is 12.9. The lowest BCUT2D eigenvalue weighted by molar-refractivity contribution is -0.134. The van der Waals surface area contributed by atoms with Crippen molar-refractivity contribution in [3.05, 3.63) is 12.7 Å². The van der Waals surface area contributed by atoms with Crippen LogP contribution >= 0.6 is 0 Å². The molecule has 0 heterocycles. The minimum atomic E-state index is 0.0523. The summed E-state index contributed by atoms with van der Waals surface area (Å²) in [6, 6.07) is 0. The van der Waals surface area contributed by atoms with E-state index in [1.165, 1.54) is 0 Å². The van der Waals surface area contributed by atoms with Crippen LogP contribution in [0.1, 0.15) is 27.2 Å². The molecule has 0 rings (SSSR count). The van der Waals surface area contributed by atoms with E-state index in [-0.39, 0.29) is 11.8 Å². The fraction of sp³-hybridized carbons (Fsp3) is 0.750. The van der Waals surface area contributed by atoms with E-state index in [9.17, 15) is 4.79 Å². The van der Waals surface area contributed by atoms with E-state index in [4.69, 9.17) is 0 Å². The van der Waals surface area contributed by atoms with Crippen LogP contribution in [0.25, 0.3) is 0 Å². The molecule has 15 heavy (non-hydrogen) atoms. The zero-order valence-corrected chi connectivity index (χ0v) is 10.3. The summed E-state index contributed by atoms with van der Waals surface area (Å²) in [6.07, 6.45) is 2.78. The summed E-state index contributed by atoms with van der Waals surface area (Å²) >= 11 is 0. The lowest BCUT2D eigenvalue weighted by Gasteiger charge is -2.24. The number of nitrogens with zero attached hydrogens (tertiary/aromatic N) is 1. The van der Waals surface area contributed by atoms with Crippen molar-refractivity contribution >= 4 is 5.91 Å². The highest BCUT2D eigenvalue weighted by molar-refractivity contribution is 5.78. The zero-order valence-electron chi connectivity index (χ0n) is 10.3. The number of carbonyl (C=O) groups excluding carboxylic acids is 1. The fourth-order valence-corrected chi connectivity index (χ4v) is 1.48. The first-order valence-electron chi connectivity index (χ1n) is 5.77. The third-order valence-corrected chi connectivity index (χ3v) is 2.28. The number of amides is 1. The summed E-state index contributed by atoms with van der Waals surface area (Å²) in [5.74, 6) is 0.272. The van der Waals surface area contributed by atoms with Crippen molar-refractivity contribution in [2.45, 2.75) is 27.2 Å². The quantitative estimate of drug-likeness (QED) is 0.621. The number of nitrogens with one attached hydrogen (secondary N) is 1. The molecule has 1 N–H and O–H groups in total. The second kappa shape index (κ2) is 8.48. The number of rotatable bonds is 8. The summed E-state index contributed by atoms with van der Waals surface area (Å²) in [4.78, 5) is 13.8. The highest BCUT2D eigenvalue weighted by Crippen LogP contribution is 2.03. The Kier molecular flexibility index (Phi) is 8.01. The van der Waals surface area contributed by atoms with Crippen LogP contribution in [0.3, 0.4) is 0 Å². The van der Waals surface area contributed by atoms with E-state index < -0.39 is 0 Å². The van der Waals surface area contributed by atoms with E-state index in [0.29, 0.717) is 6.54 Å². The van der Waals surface area contributed by atoms with Crippen LogP contribution in [0.4, 0.5) is 0 Å². The molecule has 0 fully saturated rings. The van der Waals surface area contributed by atoms with Gasteiger partial charge in [-0.15, -0.1) is 6.58 Å². The molecule has 0 aromatic rings. The first-order valence-corrected chi connectivity index (χ1v) is 5.77. The van der Waals surface area contributed by atoms with Gasteiger partial charge in [0.15, 0.2) is 0 Å². The van der Waals surface area contributed by atoms with E-state index >= 15 is 0 Å². The summed E-state index contributed by atoms with van der Waals surface area (Å²) < 4.78 is 0. The predicted octanol–water partition coefficient (Wildman–Crippen LogP) is 1.66. The van der Waals surface area contributed by atoms with Gasteiger partial charge in [0, 0.05) is 25.6 Å². The molecule has 3 nitrogen and oxygen atoms in total. The van der Waals surface area contributed by atoms with Gasteiger partial charge in [0.05, 0.1) is 0 Å². The monoisotopic (exact) mass is 212 g/mol. The molecular formula is C12H24N2O. The maximum Gasteiger partial charge on any atom is 0.226 e. The van der Waals surface area contributed by atoms with Gasteiger partial charge >= 0.3 is 0 Å². The van der Waals surface area contributed by atoms with Crippen molar-refractivity contribution in [2.75, 3.05) is 26.2 Å². The molecule has 1 unspecified atom stereocenters. The fourth-order valence-electron chi connectivity index (χ4n) is 1.48. The molecule has 0 aliphatic heterocycles. The van der Waals surface area contributed by atoms with Crippen LogP contribution in [0.2, 0.25) is 0 Å². The van der Waals surface area contributed by atoms with Gasteiger partial charge in [-0.25, -0.2) is 0 Å². The highest BCUT2D eigenvalue weighted by atomic mass is 16.2. The van der Waals surface area contributed by atoms with Gasteiger partial charge in [0.2, 0.25) is 5.91 Å². The molecule has 1 atom stereocenters. The Hall–Kier alpha value is -0.830. The Morgan fingerprint density at radius 1 is 1.53 bits per heavy atom. The third kappa shape index (κ3) is 5.57. The van der Waals surface area contributed by atoms with Gasteiger partial charge in [-0.3, -0.25) is 4.79 Å². The van der Waals surface area contributed by atoms with Gasteiger partial charge in [0.1, 0.15) is 0 Å². The van der Waals surface area contributed by atoms with Gasteiger partial charge < -0.3 is 10.2 Å². The first-order chi connectivity index (χ1) is 7.17. The molecule has 3 heteroatoms. The molecule has 0 aromatic heterocycles. The van der Waals surface area contributed by atoms with Crippen LogP contribution in [0.15, 0.2) is 12.7 Å². The van der Waals surface area contributed by atoms with Crippen molar-refractivity contribution in [3.63, 3.8) is 0 Å². The first kappa shape index (κ1) is 14.2. The molecule has 0 bridgehead atoms. The third-order valence-electron chi connectivity index (χ3n) is 2.28. The minimum absolute atomic E-state index is 0.0523. The van der Waals surface area contributed by atoms with Crippen LogP contribution in [-0.4, -0.2) is 37.0 Å². The normalized spacial score (nSPS) is 12.2. The van der Waals surface area contributed by atoms with Gasteiger partial charge in [-0.1, -0.05) is 26.8 Å². The van der Waals surface area contributed by atoms with Crippen LogP contribution in [0.5, 0.6) is 0 Å².